The van der Waals surface area contributed by atoms with Crippen LogP contribution < -0.4 is 5.32 Å². The number of benzene rings is 1. The lowest BCUT2D eigenvalue weighted by atomic mass is 10.1. The first-order valence-electron chi connectivity index (χ1n) is 5.43. The summed E-state index contributed by atoms with van der Waals surface area (Å²) in [4.78, 5) is 0. The van der Waals surface area contributed by atoms with Gasteiger partial charge in [0.15, 0.2) is 0 Å². The largest absolute Gasteiger partial charge is 0.309 e. The SMILES string of the molecule is CC#CCCN[C@H](C)c1cccc(C)c1. The predicted molar refractivity (Wildman–Crippen MR) is 65.7 cm³/mol. The Labute approximate surface area is 92.9 Å². The topological polar surface area (TPSA) is 12.0 Å². The van der Waals surface area contributed by atoms with Crippen LogP contribution in [0.5, 0.6) is 0 Å². The van der Waals surface area contributed by atoms with Crippen LogP contribution in [0.3, 0.4) is 0 Å². The second kappa shape index (κ2) is 6.27. The van der Waals surface area contributed by atoms with E-state index >= 15 is 0 Å². The van der Waals surface area contributed by atoms with E-state index in [4.69, 9.17) is 0 Å². The first kappa shape index (κ1) is 11.8. The minimum absolute atomic E-state index is 0.406. The Balaban J connectivity index is 2.45. The highest BCUT2D eigenvalue weighted by molar-refractivity contribution is 5.24. The molecule has 1 N–H and O–H groups in total. The van der Waals surface area contributed by atoms with Crippen LogP contribution in [0, 0.1) is 18.8 Å². The Hall–Kier alpha value is -1.26. The van der Waals surface area contributed by atoms with Gasteiger partial charge in [-0.25, -0.2) is 0 Å². The van der Waals surface area contributed by atoms with Gasteiger partial charge in [0.1, 0.15) is 0 Å². The van der Waals surface area contributed by atoms with Gasteiger partial charge in [0.25, 0.3) is 0 Å². The minimum Gasteiger partial charge on any atom is -0.309 e. The third-order valence-corrected chi connectivity index (χ3v) is 2.42. The Kier molecular flexibility index (Phi) is 4.93. The number of rotatable bonds is 4. The summed E-state index contributed by atoms with van der Waals surface area (Å²) >= 11 is 0. The van der Waals surface area contributed by atoms with E-state index in [9.17, 15) is 0 Å². The Morgan fingerprint density at radius 1 is 1.40 bits per heavy atom. The standard InChI is InChI=1S/C14H19N/c1-4-5-6-10-15-13(3)14-9-7-8-12(2)11-14/h7-9,11,13,15H,6,10H2,1-3H3/t13-/m1/s1. The van der Waals surface area contributed by atoms with Crippen LogP contribution >= 0.6 is 0 Å². The van der Waals surface area contributed by atoms with Crippen LogP contribution in [0.25, 0.3) is 0 Å². The molecule has 1 aromatic carbocycles. The van der Waals surface area contributed by atoms with Crippen LogP contribution in [0.15, 0.2) is 24.3 Å². The fourth-order valence-corrected chi connectivity index (χ4v) is 1.53. The fraction of sp³-hybridized carbons (Fsp3) is 0.429. The van der Waals surface area contributed by atoms with E-state index in [1.54, 1.807) is 0 Å². The molecule has 15 heavy (non-hydrogen) atoms. The highest BCUT2D eigenvalue weighted by Gasteiger charge is 2.02. The van der Waals surface area contributed by atoms with Gasteiger partial charge in [0.05, 0.1) is 0 Å². The third kappa shape index (κ3) is 4.18. The van der Waals surface area contributed by atoms with Crippen LogP contribution in [0.2, 0.25) is 0 Å². The fourth-order valence-electron chi connectivity index (χ4n) is 1.53. The van der Waals surface area contributed by atoms with Crippen molar-refractivity contribution in [3.63, 3.8) is 0 Å². The summed E-state index contributed by atoms with van der Waals surface area (Å²) in [6.07, 6.45) is 0.923. The Morgan fingerprint density at radius 2 is 2.20 bits per heavy atom. The third-order valence-electron chi connectivity index (χ3n) is 2.42. The molecule has 0 aliphatic heterocycles. The van der Waals surface area contributed by atoms with E-state index in [1.807, 2.05) is 6.92 Å². The molecular weight excluding hydrogens is 182 g/mol. The lowest BCUT2D eigenvalue weighted by molar-refractivity contribution is 0.584. The van der Waals surface area contributed by atoms with E-state index in [1.165, 1.54) is 11.1 Å². The zero-order chi connectivity index (χ0) is 11.1. The first-order chi connectivity index (χ1) is 7.24. The van der Waals surface area contributed by atoms with Crippen LogP contribution in [0.1, 0.15) is 37.4 Å². The summed E-state index contributed by atoms with van der Waals surface area (Å²) in [5.74, 6) is 5.95. The smallest absolute Gasteiger partial charge is 0.0292 e. The van der Waals surface area contributed by atoms with E-state index in [-0.39, 0.29) is 0 Å². The maximum Gasteiger partial charge on any atom is 0.0292 e. The zero-order valence-corrected chi connectivity index (χ0v) is 9.80. The number of hydrogen-bond acceptors (Lipinski definition) is 1. The average molecular weight is 201 g/mol. The first-order valence-corrected chi connectivity index (χ1v) is 5.43. The second-order valence-corrected chi connectivity index (χ2v) is 3.77. The lowest BCUT2D eigenvalue weighted by Crippen LogP contribution is -2.19. The summed E-state index contributed by atoms with van der Waals surface area (Å²) in [5.41, 5.74) is 2.66. The molecule has 1 nitrogen and oxygen atoms in total. The van der Waals surface area contributed by atoms with E-state index in [0.29, 0.717) is 6.04 Å². The van der Waals surface area contributed by atoms with Gasteiger partial charge in [-0.2, -0.15) is 0 Å². The van der Waals surface area contributed by atoms with Gasteiger partial charge in [-0.1, -0.05) is 29.8 Å². The summed E-state index contributed by atoms with van der Waals surface area (Å²) in [7, 11) is 0. The van der Waals surface area contributed by atoms with Crippen molar-refractivity contribution < 1.29 is 0 Å². The van der Waals surface area contributed by atoms with Gasteiger partial charge in [-0.05, 0) is 26.3 Å². The maximum atomic E-state index is 3.46. The number of nitrogens with one attached hydrogen (secondary N) is 1. The molecule has 0 aliphatic rings. The van der Waals surface area contributed by atoms with Crippen molar-refractivity contribution in [2.24, 2.45) is 0 Å². The highest BCUT2D eigenvalue weighted by atomic mass is 14.9. The van der Waals surface area contributed by atoms with Crippen molar-refractivity contribution in [2.75, 3.05) is 6.54 Å². The van der Waals surface area contributed by atoms with Gasteiger partial charge in [-0.3, -0.25) is 0 Å². The Morgan fingerprint density at radius 3 is 2.87 bits per heavy atom. The summed E-state index contributed by atoms with van der Waals surface area (Å²) in [6.45, 7) is 7.15. The summed E-state index contributed by atoms with van der Waals surface area (Å²) in [6, 6.07) is 9.02. The molecule has 0 unspecified atom stereocenters. The van der Waals surface area contributed by atoms with E-state index in [0.717, 1.165) is 13.0 Å². The van der Waals surface area contributed by atoms with Crippen molar-refractivity contribution in [2.45, 2.75) is 33.2 Å². The van der Waals surface area contributed by atoms with Crippen molar-refractivity contribution >= 4 is 0 Å². The molecule has 0 bridgehead atoms. The molecule has 80 valence electrons. The molecule has 0 saturated heterocycles. The normalized spacial score (nSPS) is 11.7. The van der Waals surface area contributed by atoms with E-state index < -0.39 is 0 Å². The monoisotopic (exact) mass is 201 g/mol. The number of aryl methyl sites for hydroxylation is 1. The Bertz CT molecular complexity index is 357. The van der Waals surface area contributed by atoms with Crippen LogP contribution in [0.4, 0.5) is 0 Å². The molecule has 1 heteroatoms. The van der Waals surface area contributed by atoms with E-state index in [2.05, 4.69) is 55.3 Å². The van der Waals surface area contributed by atoms with Gasteiger partial charge < -0.3 is 5.32 Å². The molecule has 0 spiro atoms. The zero-order valence-electron chi connectivity index (χ0n) is 9.80. The maximum absolute atomic E-state index is 3.46. The molecule has 1 rings (SSSR count). The van der Waals surface area contributed by atoms with Gasteiger partial charge in [0.2, 0.25) is 0 Å². The van der Waals surface area contributed by atoms with Gasteiger partial charge >= 0.3 is 0 Å². The van der Waals surface area contributed by atoms with Crippen LogP contribution in [-0.2, 0) is 0 Å². The second-order valence-electron chi connectivity index (χ2n) is 3.77. The van der Waals surface area contributed by atoms with Gasteiger partial charge in [-0.15, -0.1) is 11.8 Å². The molecule has 0 aromatic heterocycles. The molecule has 0 saturated carbocycles. The quantitative estimate of drug-likeness (QED) is 0.583. The minimum atomic E-state index is 0.406. The molecular formula is C14H19N. The van der Waals surface area contributed by atoms with Crippen molar-refractivity contribution in [1.29, 1.82) is 0 Å². The predicted octanol–water partition coefficient (Wildman–Crippen LogP) is 3.06. The highest BCUT2D eigenvalue weighted by Crippen LogP contribution is 2.13. The molecule has 0 fully saturated rings. The molecule has 0 heterocycles. The molecule has 1 atom stereocenters. The van der Waals surface area contributed by atoms with Crippen molar-refractivity contribution in [3.8, 4) is 11.8 Å². The molecule has 1 aromatic rings. The summed E-state index contributed by atoms with van der Waals surface area (Å²) < 4.78 is 0. The number of hydrogen-bond donors (Lipinski definition) is 1. The van der Waals surface area contributed by atoms with Crippen LogP contribution in [-0.4, -0.2) is 6.54 Å². The van der Waals surface area contributed by atoms with Gasteiger partial charge in [0, 0.05) is 19.0 Å². The lowest BCUT2D eigenvalue weighted by Gasteiger charge is -2.13. The van der Waals surface area contributed by atoms with Crippen molar-refractivity contribution in [3.05, 3.63) is 35.4 Å². The average Bonchev–Trinajstić information content (AvgIpc) is 2.24. The molecule has 0 aliphatic carbocycles. The molecule has 0 radical (unpaired) electrons. The molecule has 0 amide bonds. The summed E-state index contributed by atoms with van der Waals surface area (Å²) in [5, 5.41) is 3.46. The van der Waals surface area contributed by atoms with Crippen molar-refractivity contribution in [1.82, 2.24) is 5.32 Å².